The molecule has 0 bridgehead atoms. The van der Waals surface area contributed by atoms with Gasteiger partial charge in [0, 0.05) is 23.4 Å². The van der Waals surface area contributed by atoms with Crippen molar-refractivity contribution in [3.8, 4) is 11.3 Å². The molecule has 0 aliphatic rings. The lowest BCUT2D eigenvalue weighted by atomic mass is 10.1. The quantitative estimate of drug-likeness (QED) is 0.429. The van der Waals surface area contributed by atoms with E-state index in [1.165, 1.54) is 12.1 Å². The summed E-state index contributed by atoms with van der Waals surface area (Å²) in [4.78, 5) is 28.6. The molecule has 0 unspecified atom stereocenters. The van der Waals surface area contributed by atoms with Gasteiger partial charge in [-0.25, -0.2) is 10.1 Å². The summed E-state index contributed by atoms with van der Waals surface area (Å²) in [5.41, 5.74) is 6.11. The van der Waals surface area contributed by atoms with E-state index in [1.807, 2.05) is 13.8 Å². The van der Waals surface area contributed by atoms with Gasteiger partial charge in [0.25, 0.3) is 11.5 Å². The van der Waals surface area contributed by atoms with Crippen LogP contribution in [0.4, 0.5) is 24.8 Å². The number of carbonyl (C=O) groups is 1. The molecule has 0 saturated carbocycles. The lowest BCUT2D eigenvalue weighted by Gasteiger charge is -2.09. The number of aromatic amines is 1. The molecule has 4 aromatic rings. The number of nitrogens with two attached hydrogens (primary N) is 1. The first kappa shape index (κ1) is 22.0. The minimum absolute atomic E-state index is 0.101. The van der Waals surface area contributed by atoms with Crippen molar-refractivity contribution >= 4 is 28.4 Å². The van der Waals surface area contributed by atoms with Crippen molar-refractivity contribution in [1.29, 1.82) is 0 Å². The van der Waals surface area contributed by atoms with Crippen LogP contribution < -0.4 is 16.6 Å². The number of nitrogen functional groups attached to an aromatic ring is 1. The predicted molar refractivity (Wildman–Crippen MR) is 116 cm³/mol. The van der Waals surface area contributed by atoms with Crippen LogP contribution in [0.2, 0.25) is 0 Å². The smallest absolute Gasteiger partial charge is 0.382 e. The molecule has 0 radical (unpaired) electrons. The monoisotopic (exact) mass is 457 g/mol. The van der Waals surface area contributed by atoms with E-state index >= 15 is 0 Å². The Bertz CT molecular complexity index is 1410. The van der Waals surface area contributed by atoms with Gasteiger partial charge in [0.2, 0.25) is 0 Å². The Kier molecular flexibility index (Phi) is 5.36. The molecule has 33 heavy (non-hydrogen) atoms. The Labute approximate surface area is 184 Å². The van der Waals surface area contributed by atoms with Crippen molar-refractivity contribution in [3.63, 3.8) is 0 Å². The van der Waals surface area contributed by atoms with Gasteiger partial charge in [0.15, 0.2) is 5.82 Å². The van der Waals surface area contributed by atoms with Gasteiger partial charge in [0.1, 0.15) is 17.0 Å². The minimum atomic E-state index is -4.55. The fraction of sp³-hybridized carbons (Fsp3) is 0.190. The molecule has 0 atom stereocenters. The average molecular weight is 457 g/mol. The van der Waals surface area contributed by atoms with Crippen LogP contribution >= 0.6 is 0 Å². The molecule has 4 N–H and O–H groups in total. The third-order valence-electron chi connectivity index (χ3n) is 4.90. The number of amides is 1. The molecule has 0 saturated heterocycles. The van der Waals surface area contributed by atoms with Crippen molar-refractivity contribution in [2.45, 2.75) is 26.1 Å². The number of fused-ring (bicyclic) bond motifs is 1. The van der Waals surface area contributed by atoms with Crippen LogP contribution in [-0.2, 0) is 6.18 Å². The molecule has 1 amide bonds. The first-order chi connectivity index (χ1) is 15.6. The first-order valence-corrected chi connectivity index (χ1v) is 9.77. The van der Waals surface area contributed by atoms with Gasteiger partial charge in [0.05, 0.1) is 10.9 Å². The molecule has 3 heterocycles. The number of rotatable bonds is 4. The third-order valence-corrected chi connectivity index (χ3v) is 4.90. The zero-order valence-corrected chi connectivity index (χ0v) is 17.4. The second-order valence-electron chi connectivity index (χ2n) is 7.51. The number of anilines is 2. The molecule has 0 spiro atoms. The van der Waals surface area contributed by atoms with E-state index in [2.05, 4.69) is 25.6 Å². The summed E-state index contributed by atoms with van der Waals surface area (Å²) in [6.45, 7) is 3.73. The lowest BCUT2D eigenvalue weighted by Crippen LogP contribution is -2.15. The van der Waals surface area contributed by atoms with E-state index < -0.39 is 23.2 Å². The number of benzene rings is 1. The third kappa shape index (κ3) is 4.14. The zero-order chi connectivity index (χ0) is 23.9. The topological polar surface area (TPSA) is 132 Å². The average Bonchev–Trinajstić information content (AvgIpc) is 3.18. The standard InChI is InChI=1S/C21H18F3N7O2/c1-10(2)31-17-15(18(25)28-29-20(17)33)16(30-31)11-3-5-12(6-4-11)19(32)27-14-9-13(7-8-26-14)21(22,23)24/h3-10H,1-2H3,(H2,25,28)(H,29,33)(H,26,27,32). The number of nitrogens with zero attached hydrogens (tertiary/aromatic N) is 4. The summed E-state index contributed by atoms with van der Waals surface area (Å²) in [5, 5.41) is 13.4. The summed E-state index contributed by atoms with van der Waals surface area (Å²) in [6.07, 6.45) is -3.58. The number of aromatic nitrogens is 5. The highest BCUT2D eigenvalue weighted by Gasteiger charge is 2.31. The van der Waals surface area contributed by atoms with Gasteiger partial charge in [-0.1, -0.05) is 12.1 Å². The number of alkyl halides is 3. The van der Waals surface area contributed by atoms with Crippen LogP contribution in [0.1, 0.15) is 35.8 Å². The van der Waals surface area contributed by atoms with Gasteiger partial charge in [-0.2, -0.15) is 23.4 Å². The SMILES string of the molecule is CC(C)n1nc(-c2ccc(C(=O)Nc3cc(C(F)(F)F)ccn3)cc2)c2c(N)n[nH]c(=O)c21. The first-order valence-electron chi connectivity index (χ1n) is 9.77. The maximum absolute atomic E-state index is 12.9. The van der Waals surface area contributed by atoms with E-state index in [4.69, 9.17) is 5.73 Å². The fourth-order valence-corrected chi connectivity index (χ4v) is 3.33. The van der Waals surface area contributed by atoms with Crippen molar-refractivity contribution < 1.29 is 18.0 Å². The van der Waals surface area contributed by atoms with Gasteiger partial charge >= 0.3 is 6.18 Å². The highest BCUT2D eigenvalue weighted by atomic mass is 19.4. The van der Waals surface area contributed by atoms with E-state index in [1.54, 1.807) is 16.8 Å². The second kappa shape index (κ2) is 8.04. The maximum Gasteiger partial charge on any atom is 0.416 e. The predicted octanol–water partition coefficient (Wildman–Crippen LogP) is 3.62. The van der Waals surface area contributed by atoms with Crippen LogP contribution in [0.25, 0.3) is 22.2 Å². The van der Waals surface area contributed by atoms with Crippen LogP contribution in [0.5, 0.6) is 0 Å². The molecule has 3 aromatic heterocycles. The number of carbonyl (C=O) groups excluding carboxylic acids is 1. The van der Waals surface area contributed by atoms with Crippen molar-refractivity contribution in [2.24, 2.45) is 0 Å². The number of pyridine rings is 1. The number of halogens is 3. The summed E-state index contributed by atoms with van der Waals surface area (Å²) >= 11 is 0. The van der Waals surface area contributed by atoms with E-state index in [0.717, 1.165) is 18.3 Å². The van der Waals surface area contributed by atoms with Crippen molar-refractivity contribution in [2.75, 3.05) is 11.1 Å². The zero-order valence-electron chi connectivity index (χ0n) is 17.4. The number of H-pyrrole nitrogens is 1. The molecule has 0 aliphatic heterocycles. The van der Waals surface area contributed by atoms with E-state index in [0.29, 0.717) is 16.6 Å². The highest BCUT2D eigenvalue weighted by molar-refractivity contribution is 6.04. The molecule has 1 aromatic carbocycles. The summed E-state index contributed by atoms with van der Waals surface area (Å²) < 4.78 is 40.1. The Balaban J connectivity index is 1.66. The van der Waals surface area contributed by atoms with Crippen molar-refractivity contribution in [1.82, 2.24) is 25.0 Å². The summed E-state index contributed by atoms with van der Waals surface area (Å²) in [5.74, 6) is -0.758. The van der Waals surface area contributed by atoms with Crippen LogP contribution in [0.15, 0.2) is 47.4 Å². The van der Waals surface area contributed by atoms with E-state index in [-0.39, 0.29) is 28.8 Å². The minimum Gasteiger partial charge on any atom is -0.382 e. The lowest BCUT2D eigenvalue weighted by molar-refractivity contribution is -0.137. The second-order valence-corrected chi connectivity index (χ2v) is 7.51. The number of hydrogen-bond donors (Lipinski definition) is 3. The Morgan fingerprint density at radius 2 is 1.88 bits per heavy atom. The van der Waals surface area contributed by atoms with Gasteiger partial charge in [-0.3, -0.25) is 14.3 Å². The number of nitrogens with one attached hydrogen (secondary N) is 2. The van der Waals surface area contributed by atoms with Crippen LogP contribution in [0, 0.1) is 0 Å². The number of hydrogen-bond acceptors (Lipinski definition) is 6. The summed E-state index contributed by atoms with van der Waals surface area (Å²) in [6, 6.07) is 7.60. The van der Waals surface area contributed by atoms with E-state index in [9.17, 15) is 22.8 Å². The van der Waals surface area contributed by atoms with Crippen LogP contribution in [0.3, 0.4) is 0 Å². The van der Waals surface area contributed by atoms with Crippen molar-refractivity contribution in [3.05, 3.63) is 64.1 Å². The van der Waals surface area contributed by atoms with Gasteiger partial charge in [-0.05, 0) is 38.1 Å². The molecule has 9 nitrogen and oxygen atoms in total. The largest absolute Gasteiger partial charge is 0.416 e. The molecule has 12 heteroatoms. The molecule has 0 aliphatic carbocycles. The maximum atomic E-state index is 12.9. The molecular formula is C21H18F3N7O2. The Morgan fingerprint density at radius 1 is 1.18 bits per heavy atom. The fourth-order valence-electron chi connectivity index (χ4n) is 3.33. The Morgan fingerprint density at radius 3 is 2.52 bits per heavy atom. The molecular weight excluding hydrogens is 439 g/mol. The normalized spacial score (nSPS) is 11.8. The molecule has 4 rings (SSSR count). The highest BCUT2D eigenvalue weighted by Crippen LogP contribution is 2.32. The van der Waals surface area contributed by atoms with Crippen LogP contribution in [-0.4, -0.2) is 30.9 Å². The van der Waals surface area contributed by atoms with Gasteiger partial charge in [-0.15, -0.1) is 0 Å². The molecule has 170 valence electrons. The molecule has 0 fully saturated rings. The summed E-state index contributed by atoms with van der Waals surface area (Å²) in [7, 11) is 0. The Hall–Kier alpha value is -4.22. The van der Waals surface area contributed by atoms with Gasteiger partial charge < -0.3 is 11.1 Å².